The second-order valence-electron chi connectivity index (χ2n) is 8.29. The van der Waals surface area contributed by atoms with Crippen molar-refractivity contribution >= 4 is 29.3 Å². The normalized spacial score (nSPS) is 14.0. The summed E-state index contributed by atoms with van der Waals surface area (Å²) in [5.41, 5.74) is 3.57. The number of methoxy groups -OCH3 is 1. The molecule has 9 heteroatoms. The van der Waals surface area contributed by atoms with Crippen LogP contribution in [0.15, 0.2) is 40.2 Å². The molecule has 4 rings (SSSR count). The minimum absolute atomic E-state index is 0.190. The molecule has 0 bridgehead atoms. The standard InChI is InChI=1S/C26H28N2O6S/c1-16-21(17(2)34-27-16)15-32-22-7-5-19(13-23(22)31-4)6-8-25(29)33-18(3)26(30)28-11-9-24-20(14-28)10-12-35-24/h5-8,10,12-13,18H,9,11,14-15H2,1-4H3/b8-6+. The number of fused-ring (bicyclic) bond motifs is 1. The van der Waals surface area contributed by atoms with E-state index in [1.54, 1.807) is 54.5 Å². The third-order valence-corrected chi connectivity index (χ3v) is 6.94. The molecule has 1 aromatic carbocycles. The number of carbonyl (C=O) groups excluding carboxylic acids is 2. The summed E-state index contributed by atoms with van der Waals surface area (Å²) in [6.07, 6.45) is 2.88. The zero-order valence-electron chi connectivity index (χ0n) is 20.2. The van der Waals surface area contributed by atoms with Gasteiger partial charge in [0.15, 0.2) is 17.6 Å². The number of rotatable bonds is 8. The van der Waals surface area contributed by atoms with Crippen LogP contribution < -0.4 is 9.47 Å². The largest absolute Gasteiger partial charge is 0.493 e. The molecule has 1 amide bonds. The van der Waals surface area contributed by atoms with Crippen molar-refractivity contribution in [2.24, 2.45) is 0 Å². The smallest absolute Gasteiger partial charge is 0.331 e. The van der Waals surface area contributed by atoms with E-state index in [1.165, 1.54) is 16.5 Å². The van der Waals surface area contributed by atoms with Crippen LogP contribution in [-0.2, 0) is 33.9 Å². The minimum atomic E-state index is -0.859. The average Bonchev–Trinajstić information content (AvgIpc) is 3.46. The van der Waals surface area contributed by atoms with Gasteiger partial charge in [-0.25, -0.2) is 4.79 Å². The zero-order valence-corrected chi connectivity index (χ0v) is 21.0. The molecule has 0 aliphatic carbocycles. The predicted octanol–water partition coefficient (Wildman–Crippen LogP) is 4.47. The van der Waals surface area contributed by atoms with Crippen molar-refractivity contribution < 1.29 is 28.3 Å². The highest BCUT2D eigenvalue weighted by Crippen LogP contribution is 2.30. The van der Waals surface area contributed by atoms with Crippen molar-refractivity contribution in [1.29, 1.82) is 0 Å². The van der Waals surface area contributed by atoms with E-state index in [0.717, 1.165) is 23.2 Å². The molecule has 1 atom stereocenters. The van der Waals surface area contributed by atoms with Gasteiger partial charge in [-0.05, 0) is 68.0 Å². The first-order valence-electron chi connectivity index (χ1n) is 11.3. The molecule has 3 aromatic rings. The fourth-order valence-corrected chi connectivity index (χ4v) is 4.78. The van der Waals surface area contributed by atoms with Crippen molar-refractivity contribution in [3.8, 4) is 11.5 Å². The van der Waals surface area contributed by atoms with Crippen molar-refractivity contribution in [3.63, 3.8) is 0 Å². The minimum Gasteiger partial charge on any atom is -0.493 e. The lowest BCUT2D eigenvalue weighted by atomic mass is 10.1. The lowest BCUT2D eigenvalue weighted by Crippen LogP contribution is -2.42. The number of hydrogen-bond acceptors (Lipinski definition) is 8. The first-order chi connectivity index (χ1) is 16.9. The molecule has 3 heterocycles. The van der Waals surface area contributed by atoms with Crippen molar-refractivity contribution in [2.75, 3.05) is 13.7 Å². The number of benzene rings is 1. The third-order valence-electron chi connectivity index (χ3n) is 5.91. The first-order valence-corrected chi connectivity index (χ1v) is 12.2. The van der Waals surface area contributed by atoms with E-state index >= 15 is 0 Å². The number of aromatic nitrogens is 1. The quantitative estimate of drug-likeness (QED) is 0.336. The molecule has 0 fully saturated rings. The van der Waals surface area contributed by atoms with Crippen LogP contribution in [0.25, 0.3) is 6.08 Å². The van der Waals surface area contributed by atoms with Crippen LogP contribution in [0.2, 0.25) is 0 Å². The number of ether oxygens (including phenoxy) is 3. The van der Waals surface area contributed by atoms with Gasteiger partial charge in [0.2, 0.25) is 0 Å². The highest BCUT2D eigenvalue weighted by atomic mass is 32.1. The highest BCUT2D eigenvalue weighted by molar-refractivity contribution is 7.10. The third kappa shape index (κ3) is 5.74. The summed E-state index contributed by atoms with van der Waals surface area (Å²) >= 11 is 1.71. The van der Waals surface area contributed by atoms with E-state index < -0.39 is 12.1 Å². The van der Waals surface area contributed by atoms with Crippen molar-refractivity contribution in [3.05, 3.63) is 68.7 Å². The molecule has 0 saturated carbocycles. The predicted molar refractivity (Wildman–Crippen MR) is 131 cm³/mol. The lowest BCUT2D eigenvalue weighted by Gasteiger charge is -2.29. The van der Waals surface area contributed by atoms with E-state index in [9.17, 15) is 9.59 Å². The number of carbonyl (C=O) groups is 2. The summed E-state index contributed by atoms with van der Waals surface area (Å²) in [7, 11) is 1.55. The van der Waals surface area contributed by atoms with Crippen molar-refractivity contribution in [2.45, 2.75) is 46.4 Å². The Labute approximate surface area is 208 Å². The monoisotopic (exact) mass is 496 g/mol. The van der Waals surface area contributed by atoms with Crippen LogP contribution in [0, 0.1) is 13.8 Å². The van der Waals surface area contributed by atoms with E-state index in [2.05, 4.69) is 5.16 Å². The second-order valence-corrected chi connectivity index (χ2v) is 9.29. The Balaban J connectivity index is 1.33. The molecular weight excluding hydrogens is 468 g/mol. The molecule has 0 N–H and O–H groups in total. The molecule has 2 aromatic heterocycles. The molecule has 8 nitrogen and oxygen atoms in total. The average molecular weight is 497 g/mol. The molecule has 184 valence electrons. The van der Waals surface area contributed by atoms with E-state index in [1.807, 2.05) is 25.3 Å². The SMILES string of the molecule is COc1cc(/C=C/C(=O)OC(C)C(=O)N2CCc3sccc3C2)ccc1OCc1c(C)noc1C. The second kappa shape index (κ2) is 10.8. The number of esters is 1. The van der Waals surface area contributed by atoms with E-state index in [0.29, 0.717) is 37.0 Å². The molecule has 35 heavy (non-hydrogen) atoms. The van der Waals surface area contributed by atoms with E-state index in [4.69, 9.17) is 18.7 Å². The van der Waals surface area contributed by atoms with Gasteiger partial charge in [0.1, 0.15) is 12.4 Å². The van der Waals surface area contributed by atoms with Crippen LogP contribution in [0.3, 0.4) is 0 Å². The summed E-state index contributed by atoms with van der Waals surface area (Å²) in [5.74, 6) is 1.01. The topological polar surface area (TPSA) is 91.1 Å². The first kappa shape index (κ1) is 24.5. The van der Waals surface area contributed by atoms with Crippen molar-refractivity contribution in [1.82, 2.24) is 10.1 Å². The van der Waals surface area contributed by atoms with Crippen LogP contribution in [0.4, 0.5) is 0 Å². The maximum atomic E-state index is 12.7. The van der Waals surface area contributed by atoms with Crippen LogP contribution in [0.5, 0.6) is 11.5 Å². The molecular formula is C26H28N2O6S. The Bertz CT molecular complexity index is 1220. The van der Waals surface area contributed by atoms with Gasteiger partial charge in [0.25, 0.3) is 5.91 Å². The lowest BCUT2D eigenvalue weighted by molar-refractivity contribution is -0.155. The number of nitrogens with zero attached hydrogens (tertiary/aromatic N) is 2. The number of hydrogen-bond donors (Lipinski definition) is 0. The van der Waals surface area contributed by atoms with Crippen LogP contribution in [0.1, 0.15) is 39.9 Å². The summed E-state index contributed by atoms with van der Waals surface area (Å²) in [6, 6.07) is 7.37. The molecule has 0 spiro atoms. The molecule has 0 radical (unpaired) electrons. The maximum absolute atomic E-state index is 12.7. The summed E-state index contributed by atoms with van der Waals surface area (Å²) in [6.45, 7) is 6.79. The Morgan fingerprint density at radius 2 is 2.09 bits per heavy atom. The van der Waals surface area contributed by atoms with Gasteiger partial charge in [-0.3, -0.25) is 4.79 Å². The molecule has 1 unspecified atom stereocenters. The Morgan fingerprint density at radius 3 is 2.83 bits per heavy atom. The van der Waals surface area contributed by atoms with Gasteiger partial charge in [0.05, 0.1) is 18.4 Å². The highest BCUT2D eigenvalue weighted by Gasteiger charge is 2.27. The van der Waals surface area contributed by atoms with Crippen LogP contribution >= 0.6 is 11.3 Å². The van der Waals surface area contributed by atoms with Gasteiger partial charge in [-0.2, -0.15) is 0 Å². The van der Waals surface area contributed by atoms with Gasteiger partial charge < -0.3 is 23.6 Å². The number of thiophene rings is 1. The van der Waals surface area contributed by atoms with E-state index in [-0.39, 0.29) is 5.91 Å². The molecule has 1 aliphatic rings. The summed E-state index contributed by atoms with van der Waals surface area (Å²) in [5, 5.41) is 5.97. The van der Waals surface area contributed by atoms with Gasteiger partial charge in [-0.15, -0.1) is 11.3 Å². The Hall–Kier alpha value is -3.59. The Kier molecular flexibility index (Phi) is 7.55. The Morgan fingerprint density at radius 1 is 1.26 bits per heavy atom. The summed E-state index contributed by atoms with van der Waals surface area (Å²) < 4.78 is 21.8. The molecule has 1 aliphatic heterocycles. The number of amides is 1. The maximum Gasteiger partial charge on any atom is 0.331 e. The number of aryl methyl sites for hydroxylation is 2. The van der Waals surface area contributed by atoms with Gasteiger partial charge in [-0.1, -0.05) is 11.2 Å². The summed E-state index contributed by atoms with van der Waals surface area (Å²) in [4.78, 5) is 28.1. The van der Waals surface area contributed by atoms with Gasteiger partial charge in [0, 0.05) is 24.0 Å². The fourth-order valence-electron chi connectivity index (χ4n) is 3.89. The molecule has 0 saturated heterocycles. The zero-order chi connectivity index (χ0) is 24.9. The fraction of sp³-hybridized carbons (Fsp3) is 0.346. The van der Waals surface area contributed by atoms with Gasteiger partial charge >= 0.3 is 5.97 Å². The van der Waals surface area contributed by atoms with Crippen LogP contribution in [-0.4, -0.2) is 41.7 Å².